The summed E-state index contributed by atoms with van der Waals surface area (Å²) in [6, 6.07) is 25.0. The van der Waals surface area contributed by atoms with Gasteiger partial charge in [0.15, 0.2) is 11.6 Å². The van der Waals surface area contributed by atoms with Crippen LogP contribution in [0, 0.1) is 16.0 Å². The number of aliphatic hydroxyl groups excluding tert-OH is 1. The van der Waals surface area contributed by atoms with Crippen molar-refractivity contribution >= 4 is 35.0 Å². The van der Waals surface area contributed by atoms with E-state index in [2.05, 4.69) is 20.6 Å². The molecule has 0 saturated carbocycles. The van der Waals surface area contributed by atoms with Crippen LogP contribution in [0.3, 0.4) is 0 Å². The Balaban J connectivity index is 1.44. The van der Waals surface area contributed by atoms with E-state index in [4.69, 9.17) is 16.2 Å². The molecule has 8 N–H and O–H groups in total. The van der Waals surface area contributed by atoms with Gasteiger partial charge in [-0.05, 0) is 41.0 Å². The summed E-state index contributed by atoms with van der Waals surface area (Å²) in [5.74, 6) is -3.96. The van der Waals surface area contributed by atoms with Crippen molar-refractivity contribution in [2.24, 2.45) is 17.4 Å². The summed E-state index contributed by atoms with van der Waals surface area (Å²) in [7, 11) is 0. The number of hydrogen-bond acceptors (Lipinski definition) is 12. The second kappa shape index (κ2) is 22.8. The number of carbonyl (C=O) groups is 5. The molecule has 330 valence electrons. The molecule has 4 aromatic carbocycles. The molecule has 5 aromatic rings. The number of nitro benzene ring substituents is 1. The Labute approximate surface area is 365 Å². The molecule has 5 rings (SSSR count). The van der Waals surface area contributed by atoms with E-state index in [-0.39, 0.29) is 54.4 Å². The highest BCUT2D eigenvalue weighted by Crippen LogP contribution is 2.26. The fourth-order valence-electron chi connectivity index (χ4n) is 7.09. The number of nitrogens with two attached hydrogens (primary N) is 2. The van der Waals surface area contributed by atoms with E-state index in [1.165, 1.54) is 61.1 Å². The Bertz CT molecular complexity index is 2290. The first-order chi connectivity index (χ1) is 30.2. The number of Topliss-reactive ketones (excluding diaryl/α,β-unsaturated/α-hetero) is 3. The number of aromatic amines is 1. The van der Waals surface area contributed by atoms with Gasteiger partial charge in [0.2, 0.25) is 5.91 Å². The minimum atomic E-state index is -1.58. The van der Waals surface area contributed by atoms with Gasteiger partial charge in [0.1, 0.15) is 24.3 Å². The number of ether oxygens (including phenoxy) is 1. The number of hydrogen-bond donors (Lipinski definition) is 6. The lowest BCUT2D eigenvalue weighted by molar-refractivity contribution is -0.384. The molecule has 0 aliphatic carbocycles. The zero-order chi connectivity index (χ0) is 45.5. The molecule has 0 fully saturated rings. The second-order valence-electron chi connectivity index (χ2n) is 15.9. The Hall–Kier alpha value is -6.88. The van der Waals surface area contributed by atoms with E-state index >= 15 is 0 Å². The largest absolute Gasteiger partial charge is 0.445 e. The molecule has 6 atom stereocenters. The van der Waals surface area contributed by atoms with Gasteiger partial charge in [0.25, 0.3) is 5.69 Å². The van der Waals surface area contributed by atoms with Crippen molar-refractivity contribution in [2.45, 2.75) is 88.7 Å². The maximum absolute atomic E-state index is 15.0. The number of aliphatic hydroxyl groups is 1. The van der Waals surface area contributed by atoms with Crippen molar-refractivity contribution in [1.29, 1.82) is 0 Å². The van der Waals surface area contributed by atoms with Gasteiger partial charge in [-0.1, -0.05) is 111 Å². The summed E-state index contributed by atoms with van der Waals surface area (Å²) in [4.78, 5) is 87.6. The van der Waals surface area contributed by atoms with Gasteiger partial charge in [0.05, 0.1) is 29.4 Å². The normalized spacial score (nSPS) is 14.1. The number of nitro groups is 1. The van der Waals surface area contributed by atoms with Crippen LogP contribution in [0.4, 0.5) is 10.5 Å². The van der Waals surface area contributed by atoms with Crippen molar-refractivity contribution < 1.29 is 38.7 Å². The van der Waals surface area contributed by atoms with Crippen LogP contribution in [0.2, 0.25) is 0 Å². The maximum Gasteiger partial charge on any atom is 0.408 e. The topological polar surface area (TPSA) is 263 Å². The summed E-state index contributed by atoms with van der Waals surface area (Å²) < 4.78 is 5.43. The standard InChI is InChI=1S/C47H53N7O9/c1-29(2)21-38(49)44(57)34-17-15-33(16-18-34)43(42(56)25-41(55)37(48)22-31-13-19-36(20-14-31)54(61)62)45(58)39(24-35-26-50-28-51-35)52-46(59)40(23-30-9-5-3-6-10-30)53-47(60)63-27-32-11-7-4-8-12-32/h3-20,26,28-29,37-41,43,55H,21-25,27,48-49H2,1-2H3,(H,50,51)(H,52,59)(H,53,60)/t37-,38-,39-,40-,41?,43?/m0/s1. The number of ketones is 3. The Morgan fingerprint density at radius 1 is 0.794 bits per heavy atom. The number of alkyl carbamates (subject to hydrolysis) is 1. The highest BCUT2D eigenvalue weighted by Gasteiger charge is 2.38. The van der Waals surface area contributed by atoms with E-state index in [9.17, 15) is 39.2 Å². The fraction of sp³-hybridized carbons (Fsp3) is 0.319. The summed E-state index contributed by atoms with van der Waals surface area (Å²) in [6.45, 7) is 3.83. The third kappa shape index (κ3) is 14.1. The van der Waals surface area contributed by atoms with E-state index in [0.29, 0.717) is 23.2 Å². The number of benzene rings is 4. The predicted octanol–water partition coefficient (Wildman–Crippen LogP) is 4.68. The van der Waals surface area contributed by atoms with Gasteiger partial charge in [-0.3, -0.25) is 29.3 Å². The molecule has 0 bridgehead atoms. The number of nitrogens with zero attached hydrogens (tertiary/aromatic N) is 2. The first kappa shape index (κ1) is 47.2. The third-order valence-corrected chi connectivity index (χ3v) is 10.5. The van der Waals surface area contributed by atoms with Gasteiger partial charge in [-0.25, -0.2) is 9.78 Å². The Kier molecular flexibility index (Phi) is 17.1. The molecule has 63 heavy (non-hydrogen) atoms. The van der Waals surface area contributed by atoms with Crippen LogP contribution in [0.1, 0.15) is 70.9 Å². The number of nitrogens with one attached hydrogen (secondary N) is 3. The van der Waals surface area contributed by atoms with Gasteiger partial charge < -0.3 is 36.9 Å². The lowest BCUT2D eigenvalue weighted by Gasteiger charge is -2.27. The molecular formula is C47H53N7O9. The number of aromatic nitrogens is 2. The van der Waals surface area contributed by atoms with E-state index < -0.39 is 71.1 Å². The molecule has 16 heteroatoms. The maximum atomic E-state index is 15.0. The van der Waals surface area contributed by atoms with Gasteiger partial charge in [0, 0.05) is 54.9 Å². The monoisotopic (exact) mass is 859 g/mol. The average molecular weight is 860 g/mol. The van der Waals surface area contributed by atoms with Gasteiger partial charge in [-0.15, -0.1) is 0 Å². The number of rotatable bonds is 23. The van der Waals surface area contributed by atoms with Crippen LogP contribution in [0.15, 0.2) is 122 Å². The van der Waals surface area contributed by atoms with Crippen molar-refractivity contribution in [2.75, 3.05) is 0 Å². The zero-order valence-electron chi connectivity index (χ0n) is 35.1. The molecule has 0 aliphatic heterocycles. The zero-order valence-corrected chi connectivity index (χ0v) is 35.1. The molecule has 0 aliphatic rings. The fourth-order valence-corrected chi connectivity index (χ4v) is 7.09. The number of imidazole rings is 1. The van der Waals surface area contributed by atoms with Gasteiger partial charge in [-0.2, -0.15) is 0 Å². The lowest BCUT2D eigenvalue weighted by Crippen LogP contribution is -2.54. The number of H-pyrrole nitrogens is 1. The van der Waals surface area contributed by atoms with Crippen LogP contribution in [0.5, 0.6) is 0 Å². The van der Waals surface area contributed by atoms with Crippen LogP contribution >= 0.6 is 0 Å². The lowest BCUT2D eigenvalue weighted by atomic mass is 9.82. The molecule has 16 nitrogen and oxygen atoms in total. The van der Waals surface area contributed by atoms with Gasteiger partial charge >= 0.3 is 6.09 Å². The number of non-ortho nitro benzene ring substituents is 1. The smallest absolute Gasteiger partial charge is 0.408 e. The molecule has 0 saturated heterocycles. The minimum absolute atomic E-state index is 0.0215. The van der Waals surface area contributed by atoms with Crippen LogP contribution < -0.4 is 22.1 Å². The van der Waals surface area contributed by atoms with Crippen molar-refractivity contribution in [3.63, 3.8) is 0 Å². The van der Waals surface area contributed by atoms with E-state index in [0.717, 1.165) is 5.56 Å². The SMILES string of the molecule is CC(C)C[C@H](N)C(=O)c1ccc(C(C(=O)CC(O)[C@@H](N)Cc2ccc([N+](=O)[O-])cc2)C(=O)[C@H](Cc2cnc[nH]2)NC(=O)[C@H](Cc2ccccc2)NC(=O)OCc2ccccc2)cc1. The van der Waals surface area contributed by atoms with E-state index in [1.807, 2.05) is 19.9 Å². The highest BCUT2D eigenvalue weighted by atomic mass is 16.6. The van der Waals surface area contributed by atoms with Crippen molar-refractivity contribution in [1.82, 2.24) is 20.6 Å². The molecule has 2 unspecified atom stereocenters. The second-order valence-corrected chi connectivity index (χ2v) is 15.9. The molecule has 1 aromatic heterocycles. The molecule has 1 heterocycles. The summed E-state index contributed by atoms with van der Waals surface area (Å²) in [5, 5.41) is 27.8. The predicted molar refractivity (Wildman–Crippen MR) is 234 cm³/mol. The summed E-state index contributed by atoms with van der Waals surface area (Å²) in [6.07, 6.45) is 0.319. The summed E-state index contributed by atoms with van der Waals surface area (Å²) >= 11 is 0. The number of carbonyl (C=O) groups excluding carboxylic acids is 5. The molecule has 2 amide bonds. The highest BCUT2D eigenvalue weighted by molar-refractivity contribution is 6.11. The van der Waals surface area contributed by atoms with Crippen LogP contribution in [-0.4, -0.2) is 79.6 Å². The molecule has 0 spiro atoms. The first-order valence-electron chi connectivity index (χ1n) is 20.6. The molecule has 0 radical (unpaired) electrons. The quantitative estimate of drug-likeness (QED) is 0.0226. The van der Waals surface area contributed by atoms with Crippen molar-refractivity contribution in [3.05, 3.63) is 165 Å². The minimum Gasteiger partial charge on any atom is -0.445 e. The third-order valence-electron chi connectivity index (χ3n) is 10.5. The Morgan fingerprint density at radius 3 is 2.00 bits per heavy atom. The van der Waals surface area contributed by atoms with E-state index in [1.54, 1.807) is 54.6 Å². The molecular weight excluding hydrogens is 807 g/mol. The Morgan fingerprint density at radius 2 is 1.41 bits per heavy atom. The first-order valence-corrected chi connectivity index (χ1v) is 20.6. The number of amides is 2. The van der Waals surface area contributed by atoms with Crippen LogP contribution in [-0.2, 0) is 45.0 Å². The summed E-state index contributed by atoms with van der Waals surface area (Å²) in [5.41, 5.74) is 15.3. The van der Waals surface area contributed by atoms with Crippen LogP contribution in [0.25, 0.3) is 0 Å². The average Bonchev–Trinajstić information content (AvgIpc) is 3.79. The van der Waals surface area contributed by atoms with Crippen molar-refractivity contribution in [3.8, 4) is 0 Å².